The number of rotatable bonds is 1. The summed E-state index contributed by atoms with van der Waals surface area (Å²) in [5.41, 5.74) is -0.189. The number of nitriles is 2. The minimum absolute atomic E-state index is 0.170. The maximum absolute atomic E-state index is 13.7. The quantitative estimate of drug-likeness (QED) is 0.581. The topological polar surface area (TPSA) is 127 Å². The molecule has 0 aliphatic heterocycles. The van der Waals surface area contributed by atoms with E-state index in [0.29, 0.717) is 15.7 Å². The SMILES string of the molecule is N#CC1=C(C#N)C(=O)C(Cl)=C(Cl)C1=O.O=c1[nH]c2c(F)c(Br)ccc2nc1C1CC1. The number of halogens is 4. The summed E-state index contributed by atoms with van der Waals surface area (Å²) in [6.07, 6.45) is 2.00. The van der Waals surface area contributed by atoms with E-state index < -0.39 is 38.6 Å². The molecule has 11 heteroatoms. The van der Waals surface area contributed by atoms with Crippen molar-refractivity contribution in [2.24, 2.45) is 0 Å². The van der Waals surface area contributed by atoms with Crippen LogP contribution in [0.3, 0.4) is 0 Å². The summed E-state index contributed by atoms with van der Waals surface area (Å²) in [6, 6.07) is 6.19. The predicted molar refractivity (Wildman–Crippen MR) is 109 cm³/mol. The highest BCUT2D eigenvalue weighted by Crippen LogP contribution is 2.37. The molecule has 30 heavy (non-hydrogen) atoms. The molecule has 0 unspecified atom stereocenters. The number of aromatic amines is 1. The molecule has 1 fully saturated rings. The van der Waals surface area contributed by atoms with Crippen molar-refractivity contribution < 1.29 is 14.0 Å². The zero-order valence-electron chi connectivity index (χ0n) is 14.7. The van der Waals surface area contributed by atoms with Crippen LogP contribution >= 0.6 is 39.1 Å². The average Bonchev–Trinajstić information content (AvgIpc) is 3.57. The second-order valence-corrected chi connectivity index (χ2v) is 7.85. The smallest absolute Gasteiger partial charge is 0.270 e. The Labute approximate surface area is 186 Å². The van der Waals surface area contributed by atoms with Crippen molar-refractivity contribution in [1.82, 2.24) is 9.97 Å². The number of Topliss-reactive ketones (excluding diaryl/α,β-unsaturated/α-hetero) is 2. The molecular weight excluding hydrogens is 502 g/mol. The van der Waals surface area contributed by atoms with Crippen molar-refractivity contribution >= 4 is 61.7 Å². The Kier molecular flexibility index (Phi) is 6.18. The number of ketones is 2. The Bertz CT molecular complexity index is 1290. The average molecular weight is 510 g/mol. The number of fused-ring (bicyclic) bond motifs is 1. The van der Waals surface area contributed by atoms with Crippen molar-refractivity contribution in [2.45, 2.75) is 18.8 Å². The highest BCUT2D eigenvalue weighted by molar-refractivity contribution is 9.10. The van der Waals surface area contributed by atoms with Crippen LogP contribution < -0.4 is 5.56 Å². The molecule has 2 aliphatic carbocycles. The molecule has 0 saturated heterocycles. The van der Waals surface area contributed by atoms with Crippen molar-refractivity contribution in [1.29, 1.82) is 10.5 Å². The number of hydrogen-bond donors (Lipinski definition) is 1. The number of benzene rings is 1. The maximum Gasteiger partial charge on any atom is 0.270 e. The maximum atomic E-state index is 13.7. The van der Waals surface area contributed by atoms with Crippen molar-refractivity contribution in [2.75, 3.05) is 0 Å². The van der Waals surface area contributed by atoms with Gasteiger partial charge in [-0.3, -0.25) is 14.4 Å². The van der Waals surface area contributed by atoms with E-state index in [1.54, 1.807) is 12.1 Å². The van der Waals surface area contributed by atoms with Gasteiger partial charge in [0.1, 0.15) is 44.6 Å². The molecule has 0 amide bonds. The Balaban J connectivity index is 0.000000173. The van der Waals surface area contributed by atoms with E-state index in [1.165, 1.54) is 12.1 Å². The normalized spacial score (nSPS) is 16.2. The number of nitrogens with zero attached hydrogens (tertiary/aromatic N) is 3. The molecule has 0 spiro atoms. The first kappa shape index (κ1) is 21.8. The van der Waals surface area contributed by atoms with Crippen LogP contribution in [0.4, 0.5) is 4.39 Å². The lowest BCUT2D eigenvalue weighted by Gasteiger charge is -2.08. The van der Waals surface area contributed by atoms with E-state index in [2.05, 4.69) is 25.9 Å². The van der Waals surface area contributed by atoms with Gasteiger partial charge in [-0.05, 0) is 40.9 Å². The fraction of sp³-hybridized carbons (Fsp3) is 0.158. The van der Waals surface area contributed by atoms with Gasteiger partial charge in [0.2, 0.25) is 11.6 Å². The molecule has 0 radical (unpaired) electrons. The predicted octanol–water partition coefficient (Wildman–Crippen LogP) is 3.87. The van der Waals surface area contributed by atoms with E-state index in [1.807, 2.05) is 0 Å². The van der Waals surface area contributed by atoms with Gasteiger partial charge >= 0.3 is 0 Å². The van der Waals surface area contributed by atoms with E-state index in [4.69, 9.17) is 33.7 Å². The third kappa shape index (κ3) is 3.92. The Hall–Kier alpha value is -2.85. The van der Waals surface area contributed by atoms with Crippen molar-refractivity contribution in [3.8, 4) is 12.1 Å². The minimum Gasteiger partial charge on any atom is -0.317 e. The molecule has 1 aromatic heterocycles. The molecule has 2 aliphatic rings. The van der Waals surface area contributed by atoms with Crippen LogP contribution in [0, 0.1) is 28.5 Å². The van der Waals surface area contributed by atoms with Gasteiger partial charge < -0.3 is 4.98 Å². The van der Waals surface area contributed by atoms with Gasteiger partial charge in [0.15, 0.2) is 5.82 Å². The van der Waals surface area contributed by atoms with Gasteiger partial charge in [-0.1, -0.05) is 23.2 Å². The van der Waals surface area contributed by atoms with Crippen LogP contribution in [0.1, 0.15) is 24.5 Å². The second kappa shape index (κ2) is 8.49. The monoisotopic (exact) mass is 508 g/mol. The summed E-state index contributed by atoms with van der Waals surface area (Å²) >= 11 is 13.9. The molecule has 1 aromatic carbocycles. The third-order valence-electron chi connectivity index (χ3n) is 4.27. The summed E-state index contributed by atoms with van der Waals surface area (Å²) in [4.78, 5) is 40.9. The van der Waals surface area contributed by atoms with Crippen LogP contribution in [0.5, 0.6) is 0 Å². The molecule has 0 bridgehead atoms. The van der Waals surface area contributed by atoms with Crippen LogP contribution in [0.15, 0.2) is 42.6 Å². The highest BCUT2D eigenvalue weighted by Gasteiger charge is 2.33. The first-order valence-electron chi connectivity index (χ1n) is 8.28. The van der Waals surface area contributed by atoms with E-state index in [-0.39, 0.29) is 17.0 Å². The summed E-state index contributed by atoms with van der Waals surface area (Å²) in [6.45, 7) is 0. The van der Waals surface area contributed by atoms with Crippen LogP contribution in [0.2, 0.25) is 0 Å². The summed E-state index contributed by atoms with van der Waals surface area (Å²) < 4.78 is 14.0. The first-order valence-corrected chi connectivity index (χ1v) is 9.83. The molecule has 1 heterocycles. The van der Waals surface area contributed by atoms with Crippen LogP contribution in [-0.4, -0.2) is 21.5 Å². The Morgan fingerprint density at radius 3 is 2.07 bits per heavy atom. The number of allylic oxidation sites excluding steroid dienone is 4. The second-order valence-electron chi connectivity index (χ2n) is 6.24. The molecule has 7 nitrogen and oxygen atoms in total. The molecule has 1 N–H and O–H groups in total. The fourth-order valence-corrected chi connectivity index (χ4v) is 3.29. The van der Waals surface area contributed by atoms with Crippen molar-refractivity contribution in [3.05, 3.63) is 59.7 Å². The number of aromatic nitrogens is 2. The lowest BCUT2D eigenvalue weighted by molar-refractivity contribution is -0.115. The minimum atomic E-state index is -0.893. The van der Waals surface area contributed by atoms with Gasteiger partial charge in [0.05, 0.1) is 9.99 Å². The number of H-pyrrole nitrogens is 1. The zero-order valence-corrected chi connectivity index (χ0v) is 17.8. The molecule has 1 saturated carbocycles. The molecule has 2 aromatic rings. The molecule has 150 valence electrons. The van der Waals surface area contributed by atoms with Crippen LogP contribution in [0.25, 0.3) is 11.0 Å². The largest absolute Gasteiger partial charge is 0.317 e. The number of hydrogen-bond acceptors (Lipinski definition) is 6. The summed E-state index contributed by atoms with van der Waals surface area (Å²) in [5, 5.41) is 16.0. The molecule has 4 rings (SSSR count). The Morgan fingerprint density at radius 2 is 1.60 bits per heavy atom. The van der Waals surface area contributed by atoms with Gasteiger partial charge in [-0.2, -0.15) is 10.5 Å². The number of carbonyl (C=O) groups excluding carboxylic acids is 2. The third-order valence-corrected chi connectivity index (χ3v) is 5.70. The number of carbonyl (C=O) groups is 2. The van der Waals surface area contributed by atoms with Crippen LogP contribution in [-0.2, 0) is 9.59 Å². The van der Waals surface area contributed by atoms with Crippen molar-refractivity contribution in [3.63, 3.8) is 0 Å². The fourth-order valence-electron chi connectivity index (χ4n) is 2.60. The standard InChI is InChI=1S/C11H8BrFN2O.C8Cl2N2O2/c12-6-3-4-7-10(8(6)13)15-11(16)9(14-7)5-1-2-5;9-5-6(10)8(14)4(2-12)3(1-11)7(5)13/h3-5H,1-2H2,(H,15,16);. The summed E-state index contributed by atoms with van der Waals surface area (Å²) in [7, 11) is 0. The van der Waals surface area contributed by atoms with Gasteiger partial charge in [-0.15, -0.1) is 0 Å². The highest BCUT2D eigenvalue weighted by atomic mass is 79.9. The zero-order chi connectivity index (χ0) is 22.2. The van der Waals surface area contributed by atoms with E-state index >= 15 is 0 Å². The van der Waals surface area contributed by atoms with E-state index in [9.17, 15) is 18.8 Å². The Morgan fingerprint density at radius 1 is 1.07 bits per heavy atom. The van der Waals surface area contributed by atoms with E-state index in [0.717, 1.165) is 12.8 Å². The van der Waals surface area contributed by atoms with Gasteiger partial charge in [-0.25, -0.2) is 9.37 Å². The molecular formula is C19H8BrCl2FN4O3. The number of nitrogens with one attached hydrogen (secondary N) is 1. The first-order chi connectivity index (χ1) is 14.2. The summed E-state index contributed by atoms with van der Waals surface area (Å²) in [5.74, 6) is -1.99. The lowest BCUT2D eigenvalue weighted by atomic mass is 9.96. The lowest BCUT2D eigenvalue weighted by Crippen LogP contribution is -2.18. The molecule has 0 atom stereocenters. The van der Waals surface area contributed by atoms with Gasteiger partial charge in [0.25, 0.3) is 5.56 Å². The van der Waals surface area contributed by atoms with Gasteiger partial charge in [0, 0.05) is 5.92 Å².